The van der Waals surface area contributed by atoms with Crippen molar-refractivity contribution in [3.8, 4) is 28.3 Å². The first-order valence-corrected chi connectivity index (χ1v) is 15.7. The fourth-order valence-corrected chi connectivity index (χ4v) is 7.20. The third-order valence-electron chi connectivity index (χ3n) is 9.40. The van der Waals surface area contributed by atoms with Crippen LogP contribution in [0.3, 0.4) is 0 Å². The molecule has 0 spiro atoms. The second kappa shape index (κ2) is 12.3. The van der Waals surface area contributed by atoms with Crippen LogP contribution in [-0.2, 0) is 18.4 Å². The van der Waals surface area contributed by atoms with Gasteiger partial charge in [-0.25, -0.2) is 23.4 Å². The number of carboxylic acids is 1. The van der Waals surface area contributed by atoms with Gasteiger partial charge in [-0.05, 0) is 48.1 Å². The summed E-state index contributed by atoms with van der Waals surface area (Å²) < 4.78 is 34.3. The Hall–Kier alpha value is -4.94. The molecule has 1 aliphatic heterocycles. The highest BCUT2D eigenvalue weighted by Gasteiger charge is 2.59. The van der Waals surface area contributed by atoms with E-state index in [2.05, 4.69) is 20.3 Å². The molecule has 48 heavy (non-hydrogen) atoms. The van der Waals surface area contributed by atoms with Crippen LogP contribution in [0.25, 0.3) is 33.2 Å². The van der Waals surface area contributed by atoms with Gasteiger partial charge in [0.25, 0.3) is 12.0 Å². The number of nitrogens with zero attached hydrogens (tertiary/aromatic N) is 5. The predicted molar refractivity (Wildman–Crippen MR) is 178 cm³/mol. The fourth-order valence-electron chi connectivity index (χ4n) is 6.87. The minimum atomic E-state index is -2.84. The first kappa shape index (κ1) is 31.6. The number of hydrogen-bond acceptors (Lipinski definition) is 8. The third kappa shape index (κ3) is 5.54. The summed E-state index contributed by atoms with van der Waals surface area (Å²) in [4.78, 5) is 35.5. The van der Waals surface area contributed by atoms with Gasteiger partial charge in [0.15, 0.2) is 0 Å². The van der Waals surface area contributed by atoms with Crippen LogP contribution in [0.1, 0.15) is 23.2 Å². The Morgan fingerprint density at radius 1 is 1.08 bits per heavy atom. The van der Waals surface area contributed by atoms with Gasteiger partial charge in [0.05, 0.1) is 35.3 Å². The average Bonchev–Trinajstić information content (AvgIpc) is 3.59. The normalized spacial score (nSPS) is 18.7. The monoisotopic (exact) mass is 672 g/mol. The van der Waals surface area contributed by atoms with Gasteiger partial charge in [0.2, 0.25) is 5.88 Å². The van der Waals surface area contributed by atoms with Gasteiger partial charge in [0.1, 0.15) is 11.5 Å². The van der Waals surface area contributed by atoms with Gasteiger partial charge in [-0.15, -0.1) is 0 Å². The van der Waals surface area contributed by atoms with Crippen LogP contribution < -0.4 is 15.6 Å². The number of nitrogens with one attached hydrogen (secondary N) is 1. The molecule has 13 heteroatoms. The zero-order chi connectivity index (χ0) is 33.9. The van der Waals surface area contributed by atoms with Crippen LogP contribution in [0.5, 0.6) is 5.88 Å². The Balaban J connectivity index is 1.19. The molecule has 3 atom stereocenters. The molecule has 2 N–H and O–H groups in total. The lowest BCUT2D eigenvalue weighted by atomic mass is 9.96. The lowest BCUT2D eigenvalue weighted by molar-refractivity contribution is -0.139. The number of methoxy groups -OCH3 is 1. The zero-order valence-corrected chi connectivity index (χ0v) is 27.0. The van der Waals surface area contributed by atoms with Crippen LogP contribution in [0.4, 0.5) is 20.3 Å². The van der Waals surface area contributed by atoms with Gasteiger partial charge in [0, 0.05) is 54.4 Å². The van der Waals surface area contributed by atoms with Crippen molar-refractivity contribution in [3.63, 3.8) is 0 Å². The fraction of sp³-hybridized carbons (Fsp3) is 0.286. The molecule has 246 valence electrons. The van der Waals surface area contributed by atoms with Crippen molar-refractivity contribution >= 4 is 39.8 Å². The minimum absolute atomic E-state index is 0.00921. The number of fused-ring (bicyclic) bond motifs is 2. The molecule has 2 aromatic carbocycles. The van der Waals surface area contributed by atoms with E-state index in [1.54, 1.807) is 13.2 Å². The smallest absolute Gasteiger partial charge is 0.307 e. The average molecular weight is 673 g/mol. The van der Waals surface area contributed by atoms with Crippen molar-refractivity contribution in [2.45, 2.75) is 19.9 Å². The second-order valence-corrected chi connectivity index (χ2v) is 12.6. The number of pyridine rings is 2. The maximum atomic E-state index is 13.8. The van der Waals surface area contributed by atoms with Gasteiger partial charge < -0.3 is 15.2 Å². The van der Waals surface area contributed by atoms with E-state index in [-0.39, 0.29) is 34.3 Å². The van der Waals surface area contributed by atoms with Gasteiger partial charge in [-0.3, -0.25) is 14.5 Å². The van der Waals surface area contributed by atoms with Crippen molar-refractivity contribution in [2.24, 2.45) is 24.8 Å². The number of likely N-dealkylation sites (tertiary alicyclic amines) is 1. The molecule has 0 radical (unpaired) electrons. The molecule has 0 amide bonds. The van der Waals surface area contributed by atoms with Crippen LogP contribution in [0.15, 0.2) is 65.6 Å². The highest BCUT2D eigenvalue weighted by Crippen LogP contribution is 2.52. The summed E-state index contributed by atoms with van der Waals surface area (Å²) in [7, 11) is 3.05. The molecule has 1 saturated heterocycles. The number of anilines is 2. The molecule has 7 rings (SSSR count). The number of piperidine rings is 1. The topological polar surface area (TPSA) is 122 Å². The molecule has 10 nitrogen and oxygen atoms in total. The number of benzene rings is 2. The number of rotatable bonds is 9. The van der Waals surface area contributed by atoms with E-state index < -0.39 is 23.6 Å². The maximum Gasteiger partial charge on any atom is 0.307 e. The van der Waals surface area contributed by atoms with E-state index in [1.165, 1.54) is 19.3 Å². The Kier molecular flexibility index (Phi) is 8.08. The van der Waals surface area contributed by atoms with Crippen molar-refractivity contribution in [1.29, 1.82) is 0 Å². The molecule has 1 unspecified atom stereocenters. The Morgan fingerprint density at radius 3 is 2.50 bits per heavy atom. The number of alkyl halides is 2. The van der Waals surface area contributed by atoms with E-state index >= 15 is 0 Å². The summed E-state index contributed by atoms with van der Waals surface area (Å²) in [6.07, 6.45) is -1.48. The molecule has 2 fully saturated rings. The number of aliphatic carboxylic acids is 1. The maximum absolute atomic E-state index is 13.8. The van der Waals surface area contributed by atoms with Crippen LogP contribution >= 0.6 is 11.6 Å². The number of aryl methyl sites for hydroxylation is 1. The summed E-state index contributed by atoms with van der Waals surface area (Å²) in [5.74, 6) is -0.0301. The van der Waals surface area contributed by atoms with E-state index in [1.807, 2.05) is 49.4 Å². The molecular formula is C35H31ClF2N6O4. The van der Waals surface area contributed by atoms with Gasteiger partial charge >= 0.3 is 5.97 Å². The minimum Gasteiger partial charge on any atom is -0.481 e. The Bertz CT molecular complexity index is 2150. The number of carbonyl (C=O) groups is 1. The van der Waals surface area contributed by atoms with E-state index in [4.69, 9.17) is 21.3 Å². The number of hydrogen-bond donors (Lipinski definition) is 2. The van der Waals surface area contributed by atoms with E-state index in [9.17, 15) is 23.5 Å². The summed E-state index contributed by atoms with van der Waals surface area (Å²) in [5, 5.41) is 17.3. The number of carboxylic acid groups (broad SMARTS) is 1. The standard InChI is InChI=1S/C35H31ClF2N6O4/c1-17-20(6-5-9-25(17)40-32-28-19(12-27(41-32)31(37)38)13-39-43(2)34(28)45)21-7-4-8-22(30(21)36)26-11-10-18(33(42-26)48-3)14-44-15-23-24(16-44)29(23)35(46)47/h4-13,23-24,29,31H,14-16H2,1-3H3,(H,40,41)(H,46,47)/t23-,24+,29?. The summed E-state index contributed by atoms with van der Waals surface area (Å²) in [6.45, 7) is 3.96. The van der Waals surface area contributed by atoms with Gasteiger partial charge in [-0.2, -0.15) is 5.10 Å². The molecular weight excluding hydrogens is 642 g/mol. The Labute approximate surface area is 279 Å². The molecule has 5 aromatic rings. The van der Waals surface area contributed by atoms with Crippen LogP contribution in [0, 0.1) is 24.7 Å². The Morgan fingerprint density at radius 2 is 1.79 bits per heavy atom. The van der Waals surface area contributed by atoms with E-state index in [0.717, 1.165) is 40.0 Å². The van der Waals surface area contributed by atoms with E-state index in [0.29, 0.717) is 34.4 Å². The lowest BCUT2D eigenvalue weighted by Gasteiger charge is -2.20. The summed E-state index contributed by atoms with van der Waals surface area (Å²) in [5.41, 5.74) is 4.11. The number of aromatic nitrogens is 4. The molecule has 3 aromatic heterocycles. The van der Waals surface area contributed by atoms with Crippen LogP contribution in [-0.4, -0.2) is 55.9 Å². The number of ether oxygens (including phenoxy) is 1. The van der Waals surface area contributed by atoms with Crippen LogP contribution in [0.2, 0.25) is 5.02 Å². The third-order valence-corrected chi connectivity index (χ3v) is 9.81. The number of halogens is 3. The van der Waals surface area contributed by atoms with Crippen molar-refractivity contribution < 1.29 is 23.4 Å². The van der Waals surface area contributed by atoms with Crippen molar-refractivity contribution in [3.05, 3.63) is 93.0 Å². The lowest BCUT2D eigenvalue weighted by Crippen LogP contribution is -2.26. The van der Waals surface area contributed by atoms with Crippen molar-refractivity contribution in [2.75, 3.05) is 25.5 Å². The summed E-state index contributed by atoms with van der Waals surface area (Å²) in [6, 6.07) is 16.2. The molecule has 1 aliphatic carbocycles. The molecule has 1 saturated carbocycles. The highest BCUT2D eigenvalue weighted by molar-refractivity contribution is 6.36. The quantitative estimate of drug-likeness (QED) is 0.181. The molecule has 2 aliphatic rings. The first-order chi connectivity index (χ1) is 23.0. The van der Waals surface area contributed by atoms with Crippen molar-refractivity contribution in [1.82, 2.24) is 24.6 Å². The van der Waals surface area contributed by atoms with Gasteiger partial charge in [-0.1, -0.05) is 48.0 Å². The first-order valence-electron chi connectivity index (χ1n) is 15.4. The largest absolute Gasteiger partial charge is 0.481 e. The molecule has 0 bridgehead atoms. The highest BCUT2D eigenvalue weighted by atomic mass is 35.5. The zero-order valence-electron chi connectivity index (χ0n) is 26.2. The second-order valence-electron chi connectivity index (χ2n) is 12.3. The summed E-state index contributed by atoms with van der Waals surface area (Å²) >= 11 is 7.06. The SMILES string of the molecule is COc1nc(-c2cccc(-c3cccc(Nc4nc(C(F)F)cc5cnn(C)c(=O)c45)c3C)c2Cl)ccc1CN1C[C@@H]2C(C(=O)O)[C@@H]2C1. The predicted octanol–water partition coefficient (Wildman–Crippen LogP) is 6.47. The molecule has 4 heterocycles.